The van der Waals surface area contributed by atoms with Crippen molar-refractivity contribution < 1.29 is 14.3 Å². The first-order valence-corrected chi connectivity index (χ1v) is 9.79. The molecule has 2 aromatic rings. The maximum atomic E-state index is 13.1. The third-order valence-corrected chi connectivity index (χ3v) is 5.90. The average molecular weight is 378 g/mol. The average Bonchev–Trinajstić information content (AvgIpc) is 3.48. The highest BCUT2D eigenvalue weighted by molar-refractivity contribution is 5.99. The van der Waals surface area contributed by atoms with E-state index in [1.54, 1.807) is 12.0 Å². The lowest BCUT2D eigenvalue weighted by atomic mass is 9.98. The third kappa shape index (κ3) is 3.61. The van der Waals surface area contributed by atoms with Crippen LogP contribution in [0.25, 0.3) is 0 Å². The summed E-state index contributed by atoms with van der Waals surface area (Å²) in [5.74, 6) is 0.788. The van der Waals surface area contributed by atoms with Crippen molar-refractivity contribution in [2.45, 2.75) is 32.2 Å². The highest BCUT2D eigenvalue weighted by atomic mass is 16.5. The Hall–Kier alpha value is -2.82. The van der Waals surface area contributed by atoms with Crippen LogP contribution in [0.4, 0.5) is 5.69 Å². The van der Waals surface area contributed by atoms with Crippen molar-refractivity contribution in [3.63, 3.8) is 0 Å². The van der Waals surface area contributed by atoms with E-state index in [4.69, 9.17) is 4.74 Å². The first-order chi connectivity index (χ1) is 13.5. The maximum Gasteiger partial charge on any atom is 0.246 e. The summed E-state index contributed by atoms with van der Waals surface area (Å²) in [5.41, 5.74) is 1.70. The van der Waals surface area contributed by atoms with Gasteiger partial charge in [-0.1, -0.05) is 43.3 Å². The Bertz CT molecular complexity index is 876. The van der Waals surface area contributed by atoms with Gasteiger partial charge in [-0.05, 0) is 37.0 Å². The molecule has 0 aromatic heterocycles. The number of hydrogen-bond donors (Lipinski definition) is 0. The van der Waals surface area contributed by atoms with Crippen molar-refractivity contribution in [2.24, 2.45) is 5.41 Å². The highest BCUT2D eigenvalue weighted by Gasteiger charge is 2.50. The SMILES string of the molecule is COc1cccc(N2C[C@H](Cc3ccccc3)N(C(=O)C3(C)CC3)CC2=O)c1. The van der Waals surface area contributed by atoms with Crippen LogP contribution in [0.1, 0.15) is 25.3 Å². The molecule has 1 saturated heterocycles. The summed E-state index contributed by atoms with van der Waals surface area (Å²) < 4.78 is 5.31. The van der Waals surface area contributed by atoms with Crippen molar-refractivity contribution in [2.75, 3.05) is 25.1 Å². The molecule has 28 heavy (non-hydrogen) atoms. The number of methoxy groups -OCH3 is 1. The molecule has 1 aliphatic carbocycles. The number of carbonyl (C=O) groups excluding carboxylic acids is 2. The van der Waals surface area contributed by atoms with Crippen LogP contribution in [0.15, 0.2) is 54.6 Å². The largest absolute Gasteiger partial charge is 0.497 e. The Kier molecular flexibility index (Phi) is 4.84. The van der Waals surface area contributed by atoms with Crippen LogP contribution in [-0.4, -0.2) is 43.0 Å². The fraction of sp³-hybridized carbons (Fsp3) is 0.391. The second-order valence-corrected chi connectivity index (χ2v) is 8.04. The number of benzene rings is 2. The molecule has 0 spiro atoms. The lowest BCUT2D eigenvalue weighted by Crippen LogP contribution is -2.60. The number of hydrogen-bond acceptors (Lipinski definition) is 3. The summed E-state index contributed by atoms with van der Waals surface area (Å²) in [7, 11) is 1.62. The fourth-order valence-electron chi connectivity index (χ4n) is 3.85. The molecule has 0 bridgehead atoms. The van der Waals surface area contributed by atoms with E-state index in [0.29, 0.717) is 12.3 Å². The fourth-order valence-corrected chi connectivity index (χ4v) is 3.85. The zero-order valence-corrected chi connectivity index (χ0v) is 16.4. The molecule has 5 heteroatoms. The summed E-state index contributed by atoms with van der Waals surface area (Å²) in [6.07, 6.45) is 2.55. The van der Waals surface area contributed by atoms with E-state index in [2.05, 4.69) is 12.1 Å². The number of nitrogens with zero attached hydrogens (tertiary/aromatic N) is 2. The highest BCUT2D eigenvalue weighted by Crippen LogP contribution is 2.47. The molecule has 2 fully saturated rings. The first kappa shape index (κ1) is 18.5. The number of amides is 2. The van der Waals surface area contributed by atoms with Crippen LogP contribution in [0, 0.1) is 5.41 Å². The van der Waals surface area contributed by atoms with E-state index in [0.717, 1.165) is 24.9 Å². The van der Waals surface area contributed by atoms with Gasteiger partial charge in [0.15, 0.2) is 0 Å². The summed E-state index contributed by atoms with van der Waals surface area (Å²) in [6.45, 7) is 2.62. The summed E-state index contributed by atoms with van der Waals surface area (Å²) in [4.78, 5) is 29.7. The molecule has 2 aliphatic rings. The Labute approximate surface area is 165 Å². The van der Waals surface area contributed by atoms with Crippen molar-refractivity contribution >= 4 is 17.5 Å². The van der Waals surface area contributed by atoms with Gasteiger partial charge in [-0.2, -0.15) is 0 Å². The molecular formula is C23H26N2O3. The third-order valence-electron chi connectivity index (χ3n) is 5.90. The molecule has 2 amide bonds. The minimum absolute atomic E-state index is 0.0452. The van der Waals surface area contributed by atoms with Crippen LogP contribution < -0.4 is 9.64 Å². The van der Waals surface area contributed by atoms with E-state index in [1.165, 1.54) is 5.56 Å². The van der Waals surface area contributed by atoms with Crippen molar-refractivity contribution in [3.8, 4) is 5.75 Å². The number of anilines is 1. The first-order valence-electron chi connectivity index (χ1n) is 9.79. The van der Waals surface area contributed by atoms with E-state index in [1.807, 2.05) is 54.3 Å². The second-order valence-electron chi connectivity index (χ2n) is 8.04. The van der Waals surface area contributed by atoms with Crippen molar-refractivity contribution in [1.29, 1.82) is 0 Å². The van der Waals surface area contributed by atoms with E-state index >= 15 is 0 Å². The topological polar surface area (TPSA) is 49.9 Å². The minimum Gasteiger partial charge on any atom is -0.497 e. The summed E-state index contributed by atoms with van der Waals surface area (Å²) >= 11 is 0. The van der Waals surface area contributed by atoms with Crippen LogP contribution in [-0.2, 0) is 16.0 Å². The van der Waals surface area contributed by atoms with Crippen molar-refractivity contribution in [1.82, 2.24) is 4.90 Å². The molecule has 5 nitrogen and oxygen atoms in total. The smallest absolute Gasteiger partial charge is 0.246 e. The standard InChI is InChI=1S/C23H26N2O3/c1-23(11-12-23)22(27)25-16-21(26)24(18-9-6-10-20(14-18)28-2)15-19(25)13-17-7-4-3-5-8-17/h3-10,14,19H,11-13,15-16H2,1-2H3/t19-/m0/s1. The van der Waals surface area contributed by atoms with Gasteiger partial charge in [-0.15, -0.1) is 0 Å². The van der Waals surface area contributed by atoms with E-state index < -0.39 is 0 Å². The Morgan fingerprint density at radius 2 is 1.89 bits per heavy atom. The van der Waals surface area contributed by atoms with Gasteiger partial charge < -0.3 is 14.5 Å². The molecular weight excluding hydrogens is 352 g/mol. The van der Waals surface area contributed by atoms with Gasteiger partial charge >= 0.3 is 0 Å². The second kappa shape index (κ2) is 7.30. The Morgan fingerprint density at radius 1 is 1.14 bits per heavy atom. The number of rotatable bonds is 5. The Balaban J connectivity index is 1.62. The van der Waals surface area contributed by atoms with E-state index in [-0.39, 0.29) is 29.8 Å². The van der Waals surface area contributed by atoms with Gasteiger partial charge in [0.25, 0.3) is 0 Å². The lowest BCUT2D eigenvalue weighted by molar-refractivity contribution is -0.143. The lowest BCUT2D eigenvalue weighted by Gasteiger charge is -2.42. The molecule has 1 saturated carbocycles. The van der Waals surface area contributed by atoms with Gasteiger partial charge in [-0.3, -0.25) is 9.59 Å². The monoisotopic (exact) mass is 378 g/mol. The molecule has 0 N–H and O–H groups in total. The van der Waals surface area contributed by atoms with Crippen LogP contribution in [0.5, 0.6) is 5.75 Å². The molecule has 1 atom stereocenters. The maximum absolute atomic E-state index is 13.1. The minimum atomic E-state index is -0.284. The zero-order chi connectivity index (χ0) is 19.7. The van der Waals surface area contributed by atoms with E-state index in [9.17, 15) is 9.59 Å². The summed E-state index contributed by atoms with van der Waals surface area (Å²) in [5, 5.41) is 0. The van der Waals surface area contributed by atoms with Crippen LogP contribution in [0.2, 0.25) is 0 Å². The van der Waals surface area contributed by atoms with Gasteiger partial charge in [0, 0.05) is 23.7 Å². The number of ether oxygens (including phenoxy) is 1. The normalized spacial score (nSPS) is 20.8. The molecule has 0 unspecified atom stereocenters. The van der Waals surface area contributed by atoms with Crippen LogP contribution >= 0.6 is 0 Å². The zero-order valence-electron chi connectivity index (χ0n) is 16.4. The van der Waals surface area contributed by atoms with Gasteiger partial charge in [-0.25, -0.2) is 0 Å². The number of carbonyl (C=O) groups is 2. The van der Waals surface area contributed by atoms with Crippen LogP contribution in [0.3, 0.4) is 0 Å². The van der Waals surface area contributed by atoms with Gasteiger partial charge in [0.05, 0.1) is 13.2 Å². The molecule has 1 heterocycles. The predicted molar refractivity (Wildman–Crippen MR) is 108 cm³/mol. The van der Waals surface area contributed by atoms with Gasteiger partial charge in [0.2, 0.25) is 11.8 Å². The summed E-state index contributed by atoms with van der Waals surface area (Å²) in [6, 6.07) is 17.7. The molecule has 2 aromatic carbocycles. The quantitative estimate of drug-likeness (QED) is 0.802. The van der Waals surface area contributed by atoms with Crippen molar-refractivity contribution in [3.05, 3.63) is 60.2 Å². The molecule has 4 rings (SSSR count). The predicted octanol–water partition coefficient (Wildman–Crippen LogP) is 3.28. The molecule has 0 radical (unpaired) electrons. The Morgan fingerprint density at radius 3 is 2.57 bits per heavy atom. The van der Waals surface area contributed by atoms with Gasteiger partial charge in [0.1, 0.15) is 12.3 Å². The number of piperazine rings is 1. The molecule has 1 aliphatic heterocycles. The molecule has 146 valence electrons.